The first-order chi connectivity index (χ1) is 61.5. The summed E-state index contributed by atoms with van der Waals surface area (Å²) >= 11 is 6.92. The quantitative estimate of drug-likeness (QED) is 0.00967. The number of anilines is 1. The molecule has 18 atom stereocenters. The van der Waals surface area contributed by atoms with Gasteiger partial charge < -0.3 is 96.9 Å². The summed E-state index contributed by atoms with van der Waals surface area (Å²) in [6.07, 6.45) is 1.58. The maximum atomic E-state index is 15.5. The first kappa shape index (κ1) is 104. The lowest BCUT2D eigenvalue weighted by atomic mass is 9.78. The van der Waals surface area contributed by atoms with E-state index < -0.39 is 186 Å². The molecule has 5 aliphatic rings. The van der Waals surface area contributed by atoms with Gasteiger partial charge >= 0.3 is 11.9 Å². The van der Waals surface area contributed by atoms with Gasteiger partial charge in [0.05, 0.1) is 56.0 Å². The number of nitrogens with two attached hydrogens (primary N) is 1. The number of unbranched alkanes of at least 4 members (excludes halogenated alkanes) is 1. The van der Waals surface area contributed by atoms with E-state index in [1.807, 2.05) is 73.7 Å². The molecule has 0 aromatic heterocycles. The number of carbonyl (C=O) groups excluding carboxylic acids is 12. The number of aromatic hydroxyl groups is 1. The predicted molar refractivity (Wildman–Crippen MR) is 498 cm³/mol. The number of epoxide rings is 1. The molecule has 8 amide bonds. The molecular formula is C93H125ClN10O21S4. The Kier molecular flexibility index (Phi) is 39.9. The largest absolute Gasteiger partial charge is 0.508 e. The third-order valence-corrected chi connectivity index (χ3v) is 29.3. The zero-order valence-electron chi connectivity index (χ0n) is 75.0. The molecule has 4 aromatic carbocycles. The van der Waals surface area contributed by atoms with Crippen LogP contribution in [-0.4, -0.2) is 257 Å². The maximum Gasteiger partial charge on any atom is 0.328 e. The summed E-state index contributed by atoms with van der Waals surface area (Å²) in [6.45, 7) is 11.7. The third kappa shape index (κ3) is 29.3. The summed E-state index contributed by atoms with van der Waals surface area (Å²) < 4.78 is 30.0. The third-order valence-electron chi connectivity index (χ3n) is 24.0. The first-order valence-electron chi connectivity index (χ1n) is 43.8. The van der Waals surface area contributed by atoms with Gasteiger partial charge in [-0.3, -0.25) is 52.7 Å². The van der Waals surface area contributed by atoms with E-state index in [1.54, 1.807) is 64.2 Å². The number of amides is 8. The van der Waals surface area contributed by atoms with Crippen molar-refractivity contribution in [2.45, 2.75) is 247 Å². The van der Waals surface area contributed by atoms with Crippen LogP contribution in [0.1, 0.15) is 153 Å². The van der Waals surface area contributed by atoms with Crippen LogP contribution in [0.2, 0.25) is 5.02 Å². The second-order valence-electron chi connectivity index (χ2n) is 34.0. The van der Waals surface area contributed by atoms with Crippen LogP contribution in [0.15, 0.2) is 121 Å². The van der Waals surface area contributed by atoms with E-state index >= 15 is 19.2 Å². The molecule has 3 saturated heterocycles. The number of methoxy groups -OCH3 is 2. The number of likely N-dealkylation sites (N-methyl/N-ethyl adjacent to an activating group) is 1. The summed E-state index contributed by atoms with van der Waals surface area (Å²) in [6, 6.07) is 15.3. The monoisotopic (exact) mass is 1880 g/mol. The van der Waals surface area contributed by atoms with Crippen LogP contribution in [0, 0.1) is 11.8 Å². The van der Waals surface area contributed by atoms with Gasteiger partial charge in [-0.25, -0.2) is 4.79 Å². The lowest BCUT2D eigenvalue weighted by molar-refractivity contribution is -0.187. The van der Waals surface area contributed by atoms with E-state index in [0.717, 1.165) is 49.4 Å². The van der Waals surface area contributed by atoms with Crippen molar-refractivity contribution in [3.8, 4) is 11.5 Å². The highest BCUT2D eigenvalue weighted by Crippen LogP contribution is 2.50. The van der Waals surface area contributed by atoms with Gasteiger partial charge in [0, 0.05) is 88.2 Å². The van der Waals surface area contributed by atoms with Gasteiger partial charge in [-0.1, -0.05) is 165 Å². The number of phenolic OH excluding ortho intramolecular Hbond substituents is 1. The lowest BCUT2D eigenvalue weighted by Gasteiger charge is -2.41. The average molecular weight is 1880 g/mol. The van der Waals surface area contributed by atoms with Crippen molar-refractivity contribution < 1.29 is 102 Å². The molecule has 0 spiro atoms. The van der Waals surface area contributed by atoms with Crippen LogP contribution >= 0.6 is 54.8 Å². The Morgan fingerprint density at radius 2 is 1.53 bits per heavy atom. The maximum absolute atomic E-state index is 15.5. The number of rotatable bonds is 33. The molecular weight excluding hydrogens is 1760 g/mol. The van der Waals surface area contributed by atoms with Crippen molar-refractivity contribution in [2.24, 2.45) is 17.6 Å². The zero-order chi connectivity index (χ0) is 94.0. The van der Waals surface area contributed by atoms with Crippen molar-refractivity contribution in [3.63, 3.8) is 0 Å². The molecule has 9 rings (SSSR count). The molecule has 0 radical (unpaired) electrons. The van der Waals surface area contributed by atoms with Crippen molar-refractivity contribution in [2.75, 3.05) is 69.3 Å². The highest BCUT2D eigenvalue weighted by Gasteiger charge is 2.65. The fourth-order valence-corrected chi connectivity index (χ4v) is 21.0. The van der Waals surface area contributed by atoms with Crippen LogP contribution < -0.4 is 52.6 Å². The number of allylic oxidation sites excluding steroid dienone is 4. The molecule has 4 heterocycles. The summed E-state index contributed by atoms with van der Waals surface area (Å²) in [5, 5.41) is 64.7. The second-order valence-corrected chi connectivity index (χ2v) is 39.6. The number of nitrogens with zero attached hydrogens (tertiary/aromatic N) is 2. The average Bonchev–Trinajstić information content (AvgIpc) is 1.57. The van der Waals surface area contributed by atoms with Gasteiger partial charge in [-0.2, -0.15) is 0 Å². The molecule has 704 valence electrons. The number of halogens is 1. The number of phenols is 1. The molecule has 4 bridgehead atoms. The van der Waals surface area contributed by atoms with Gasteiger partial charge in [0.1, 0.15) is 82.3 Å². The van der Waals surface area contributed by atoms with E-state index in [1.165, 1.54) is 85.6 Å². The van der Waals surface area contributed by atoms with Crippen molar-refractivity contribution in [3.05, 3.63) is 154 Å². The number of ether oxygens (including phenoxy) is 5. The number of fused-ring (bicyclic) bond motifs is 6. The Balaban J connectivity index is 0.907. The SMILES string of the molecule is CCCC(=O)[C@@H](NC(=O)[C@@H]1CSSC[C@H](NC(=O)[C@@H](Cc2ccccc2)NCCCSSCCC(=O)N(C)[C@@H](C)C(=O)O[C@@H]2CC(=O)N(C)c3cc(cc(OC)c3Cl)C/C(C)=C/C=C/[C@@H](OC)[C@]3(O)CC(=O)O[C@@H](C3)[C@@H](C)[C@@H]3O[C@@]23C)C(=O)C[C@@H](Cc2ccc(O)cc2)C(=O)N[C@H](CC2=CCc3ccccc32)C(=O)N[C@@H](CCCCN)C(=O)N[C@@H]([C@@H](C)O)C(=O)N1)[C@@H](C)O. The molecule has 3 fully saturated rings. The summed E-state index contributed by atoms with van der Waals surface area (Å²) in [5.74, 6) is -9.71. The second kappa shape index (κ2) is 49.6. The first-order valence-corrected chi connectivity index (χ1v) is 49.2. The van der Waals surface area contributed by atoms with E-state index in [9.17, 15) is 58.8 Å². The number of esters is 2. The predicted octanol–water partition coefficient (Wildman–Crippen LogP) is 7.24. The van der Waals surface area contributed by atoms with Gasteiger partial charge in [-0.05, 0) is 163 Å². The van der Waals surface area contributed by atoms with Gasteiger partial charge in [0.15, 0.2) is 11.6 Å². The topological polar surface area (TPSA) is 452 Å². The molecule has 13 N–H and O–H groups in total. The molecule has 0 unspecified atom stereocenters. The Morgan fingerprint density at radius 1 is 0.829 bits per heavy atom. The summed E-state index contributed by atoms with van der Waals surface area (Å²) in [5.41, 5.74) is 8.67. The number of hydrogen-bond acceptors (Lipinski definition) is 27. The minimum Gasteiger partial charge on any atom is -0.508 e. The molecule has 0 saturated carbocycles. The van der Waals surface area contributed by atoms with E-state index in [2.05, 4.69) is 37.2 Å². The standard InChI is InChI=1S/C93H125ClN10O21S4/c1-12-22-72(108)82(56(5)105)101-89(117)70-52-129-128-51-69(73(109)47-63(42-59-30-34-64(107)35-31-59)85(113)98-68(46-62-33-32-61-26-16-17-27-65(61)62)88(116)97-66(28-18-19-37-95)86(114)102-83(57(6)106)90(118)100-70)99-87(115)67(43-58-24-14-13-15-25-58)96-38-21-39-126-127-40-36-78(110)103(8)55(4)91(119)124-77-48-79(111)104(9)71-44-60(45-74(121-10)81(71)94)41-53(2)23-20-29-76(122-11)93(120)49-75(123-80(112)50-93)54(3)84-92(77,7)125-84/h13-17,20,23-27,29-31,33-35,44-45,54-57,63,66-70,75-77,82-84,96,105-107,120H,12,18-19,21-22,28,32,36-43,46-52,95H2,1-11H3,(H,97,116)(H,98,113)(H,99,115)(H,100,118)(H,101,117)(H,102,114)/b29-20+,53-23+/t54-,55+,56-,57-,63-,66+,67-,68-,69+,70+,75+,76-,77-,82+,83+,84+,92+,93-/m1/s1. The summed E-state index contributed by atoms with van der Waals surface area (Å²) in [4.78, 5) is 178. The van der Waals surface area contributed by atoms with Crippen LogP contribution in [0.3, 0.4) is 0 Å². The summed E-state index contributed by atoms with van der Waals surface area (Å²) in [7, 11) is 10.8. The fourth-order valence-electron chi connectivity index (χ4n) is 16.2. The van der Waals surface area contributed by atoms with Gasteiger partial charge in [0.25, 0.3) is 0 Å². The van der Waals surface area contributed by atoms with Crippen LogP contribution in [0.25, 0.3) is 5.57 Å². The molecule has 4 aromatic rings. The minimum absolute atomic E-state index is 0.00576. The number of aliphatic hydroxyl groups is 3. The molecule has 129 heavy (non-hydrogen) atoms. The van der Waals surface area contributed by atoms with E-state index in [-0.39, 0.29) is 92.6 Å². The number of hydrogen-bond donors (Lipinski definition) is 12. The minimum atomic E-state index is -1.75. The number of nitrogens with one attached hydrogen (secondary N) is 7. The van der Waals surface area contributed by atoms with Crippen molar-refractivity contribution in [1.29, 1.82) is 0 Å². The highest BCUT2D eigenvalue weighted by atomic mass is 35.5. The fraction of sp³-hybridized carbons (Fsp3) is 0.548. The van der Waals surface area contributed by atoms with Crippen LogP contribution in [0.5, 0.6) is 11.5 Å². The molecule has 36 heteroatoms. The van der Waals surface area contributed by atoms with Gasteiger partial charge in [-0.15, -0.1) is 0 Å². The number of benzene rings is 4. The Labute approximate surface area is 775 Å². The van der Waals surface area contributed by atoms with E-state index in [0.29, 0.717) is 72.6 Å². The normalized spacial score (nSPS) is 26.4. The Hall–Kier alpha value is -8.85. The lowest BCUT2D eigenvalue weighted by Crippen LogP contribution is -2.62. The van der Waals surface area contributed by atoms with Crippen LogP contribution in [0.4, 0.5) is 5.69 Å². The van der Waals surface area contributed by atoms with Crippen molar-refractivity contribution >= 4 is 137 Å². The molecule has 4 aliphatic heterocycles. The number of carbonyl (C=O) groups is 12. The smallest absolute Gasteiger partial charge is 0.328 e. The van der Waals surface area contributed by atoms with Crippen LogP contribution in [-0.2, 0) is 102 Å². The van der Waals surface area contributed by atoms with Gasteiger partial charge in [0.2, 0.25) is 47.3 Å². The number of aliphatic hydroxyl groups excluding tert-OH is 2. The molecule has 31 nitrogen and oxygen atoms in total. The van der Waals surface area contributed by atoms with E-state index in [4.69, 9.17) is 41.0 Å². The highest BCUT2D eigenvalue weighted by molar-refractivity contribution is 8.77. The Morgan fingerprint density at radius 3 is 2.22 bits per heavy atom. The number of Topliss-reactive ketones (excluding diaryl/α,β-unsaturated/α-hetero) is 2. The zero-order valence-corrected chi connectivity index (χ0v) is 79.0. The van der Waals surface area contributed by atoms with Crippen molar-refractivity contribution in [1.82, 2.24) is 42.1 Å². The number of ketones is 2. The Bertz CT molecular complexity index is 4680. The molecule has 1 aliphatic carbocycles.